The standard InChI is InChI=1S/C13H28O4S/c1-3-4-5-6-7-8-9-10-11-12-13(2)17-18(14,15)16/h13H,3-12H2,1-2H3,(H,14,15,16). The van der Waals surface area contributed by atoms with Gasteiger partial charge in [0.05, 0.1) is 6.10 Å². The van der Waals surface area contributed by atoms with E-state index in [0.29, 0.717) is 6.42 Å². The molecular formula is C13H28O4S. The molecule has 18 heavy (non-hydrogen) atoms. The first-order chi connectivity index (χ1) is 8.45. The summed E-state index contributed by atoms with van der Waals surface area (Å²) in [6, 6.07) is 0. The molecule has 0 bridgehead atoms. The van der Waals surface area contributed by atoms with Crippen molar-refractivity contribution in [3.63, 3.8) is 0 Å². The summed E-state index contributed by atoms with van der Waals surface area (Å²) in [7, 11) is -4.28. The van der Waals surface area contributed by atoms with Gasteiger partial charge in [0, 0.05) is 0 Å². The van der Waals surface area contributed by atoms with Crippen LogP contribution in [0.4, 0.5) is 0 Å². The van der Waals surface area contributed by atoms with E-state index >= 15 is 0 Å². The third-order valence-corrected chi connectivity index (χ3v) is 3.57. The van der Waals surface area contributed by atoms with Crippen molar-refractivity contribution in [2.45, 2.75) is 84.2 Å². The van der Waals surface area contributed by atoms with E-state index in [9.17, 15) is 8.42 Å². The summed E-state index contributed by atoms with van der Waals surface area (Å²) in [6.45, 7) is 3.88. The molecule has 0 saturated carbocycles. The molecule has 110 valence electrons. The monoisotopic (exact) mass is 280 g/mol. The normalized spacial score (nSPS) is 13.7. The van der Waals surface area contributed by atoms with Crippen molar-refractivity contribution in [1.82, 2.24) is 0 Å². The molecule has 0 aliphatic carbocycles. The molecule has 0 saturated heterocycles. The Balaban J connectivity index is 3.25. The Hall–Kier alpha value is -0.130. The highest BCUT2D eigenvalue weighted by molar-refractivity contribution is 7.80. The molecule has 0 aromatic carbocycles. The van der Waals surface area contributed by atoms with Crippen LogP contribution in [0.15, 0.2) is 0 Å². The van der Waals surface area contributed by atoms with Crippen LogP contribution in [0.5, 0.6) is 0 Å². The molecule has 0 radical (unpaired) electrons. The lowest BCUT2D eigenvalue weighted by molar-refractivity contribution is 0.185. The van der Waals surface area contributed by atoms with Crippen LogP contribution in [-0.2, 0) is 14.6 Å². The maximum Gasteiger partial charge on any atom is 0.397 e. The topological polar surface area (TPSA) is 63.6 Å². The van der Waals surface area contributed by atoms with Crippen molar-refractivity contribution in [3.8, 4) is 0 Å². The highest BCUT2D eigenvalue weighted by Gasteiger charge is 2.11. The summed E-state index contributed by atoms with van der Waals surface area (Å²) in [4.78, 5) is 0. The number of hydrogen-bond donors (Lipinski definition) is 1. The Kier molecular flexibility index (Phi) is 10.7. The van der Waals surface area contributed by atoms with Gasteiger partial charge < -0.3 is 0 Å². The molecule has 0 heterocycles. The van der Waals surface area contributed by atoms with Crippen LogP contribution in [0.3, 0.4) is 0 Å². The zero-order valence-corrected chi connectivity index (χ0v) is 12.5. The molecule has 5 heteroatoms. The van der Waals surface area contributed by atoms with E-state index in [2.05, 4.69) is 11.1 Å². The summed E-state index contributed by atoms with van der Waals surface area (Å²) in [6.07, 6.45) is 11.4. The summed E-state index contributed by atoms with van der Waals surface area (Å²) < 4.78 is 33.8. The maximum atomic E-state index is 10.4. The second kappa shape index (κ2) is 10.8. The zero-order chi connectivity index (χ0) is 13.9. The molecule has 0 amide bonds. The van der Waals surface area contributed by atoms with Crippen LogP contribution in [0.25, 0.3) is 0 Å². The van der Waals surface area contributed by atoms with Crippen LogP contribution in [0.1, 0.15) is 78.1 Å². The predicted molar refractivity (Wildman–Crippen MR) is 73.9 cm³/mol. The minimum absolute atomic E-state index is 0.426. The average molecular weight is 280 g/mol. The molecule has 1 N–H and O–H groups in total. The lowest BCUT2D eigenvalue weighted by Crippen LogP contribution is -2.14. The Bertz CT molecular complexity index is 275. The van der Waals surface area contributed by atoms with E-state index in [4.69, 9.17) is 4.55 Å². The molecule has 4 nitrogen and oxygen atoms in total. The van der Waals surface area contributed by atoms with Gasteiger partial charge >= 0.3 is 10.4 Å². The summed E-state index contributed by atoms with van der Waals surface area (Å²) in [5.74, 6) is 0. The van der Waals surface area contributed by atoms with E-state index in [1.54, 1.807) is 6.92 Å². The van der Waals surface area contributed by atoms with Crippen LogP contribution >= 0.6 is 0 Å². The van der Waals surface area contributed by atoms with Gasteiger partial charge in [0.15, 0.2) is 0 Å². The fourth-order valence-corrected chi connectivity index (χ4v) is 2.51. The van der Waals surface area contributed by atoms with Gasteiger partial charge in [-0.05, 0) is 13.3 Å². The first-order valence-electron chi connectivity index (χ1n) is 7.11. The smallest absolute Gasteiger partial charge is 0.264 e. The van der Waals surface area contributed by atoms with Gasteiger partial charge in [-0.2, -0.15) is 8.42 Å². The quantitative estimate of drug-likeness (QED) is 0.431. The molecule has 0 fully saturated rings. The molecule has 1 unspecified atom stereocenters. The van der Waals surface area contributed by atoms with Crippen molar-refractivity contribution in [3.05, 3.63) is 0 Å². The maximum absolute atomic E-state index is 10.4. The Labute approximate surface area is 112 Å². The second-order valence-electron chi connectivity index (χ2n) is 4.95. The largest absolute Gasteiger partial charge is 0.397 e. The summed E-state index contributed by atoms with van der Waals surface area (Å²) in [5, 5.41) is 0. The van der Waals surface area contributed by atoms with Gasteiger partial charge in [0.2, 0.25) is 0 Å². The van der Waals surface area contributed by atoms with E-state index in [1.807, 2.05) is 0 Å². The van der Waals surface area contributed by atoms with E-state index < -0.39 is 16.5 Å². The van der Waals surface area contributed by atoms with Gasteiger partial charge in [-0.3, -0.25) is 4.55 Å². The SMILES string of the molecule is CCCCCCCCCCCC(C)OS(=O)(=O)O. The lowest BCUT2D eigenvalue weighted by atomic mass is 10.1. The third kappa shape index (κ3) is 13.9. The molecule has 0 spiro atoms. The van der Waals surface area contributed by atoms with E-state index in [1.165, 1.54) is 44.9 Å². The molecule has 0 aromatic heterocycles. The highest BCUT2D eigenvalue weighted by atomic mass is 32.3. The van der Waals surface area contributed by atoms with Gasteiger partial charge in [0.1, 0.15) is 0 Å². The predicted octanol–water partition coefficient (Wildman–Crippen LogP) is 4.12. The van der Waals surface area contributed by atoms with Gasteiger partial charge in [-0.1, -0.05) is 64.7 Å². The third-order valence-electron chi connectivity index (χ3n) is 3.00. The Morgan fingerprint density at radius 3 is 1.83 bits per heavy atom. The first kappa shape index (κ1) is 17.9. The second-order valence-corrected chi connectivity index (χ2v) is 6.00. The van der Waals surface area contributed by atoms with Crippen LogP contribution in [-0.4, -0.2) is 19.1 Å². The minimum Gasteiger partial charge on any atom is -0.264 e. The fraction of sp³-hybridized carbons (Fsp3) is 1.00. The van der Waals surface area contributed by atoms with Crippen molar-refractivity contribution >= 4 is 10.4 Å². The molecule has 0 rings (SSSR count). The number of rotatable bonds is 12. The first-order valence-corrected chi connectivity index (χ1v) is 8.48. The molecule has 0 aliphatic heterocycles. The molecule has 1 atom stereocenters. The van der Waals surface area contributed by atoms with Crippen LogP contribution in [0, 0.1) is 0 Å². The van der Waals surface area contributed by atoms with E-state index in [0.717, 1.165) is 12.8 Å². The zero-order valence-electron chi connectivity index (χ0n) is 11.7. The fourth-order valence-electron chi connectivity index (χ4n) is 2.00. The van der Waals surface area contributed by atoms with Crippen molar-refractivity contribution in [2.75, 3.05) is 0 Å². The highest BCUT2D eigenvalue weighted by Crippen LogP contribution is 2.12. The number of hydrogen-bond acceptors (Lipinski definition) is 3. The lowest BCUT2D eigenvalue weighted by Gasteiger charge is -2.09. The Morgan fingerprint density at radius 2 is 1.39 bits per heavy atom. The van der Waals surface area contributed by atoms with Gasteiger partial charge in [-0.15, -0.1) is 0 Å². The average Bonchev–Trinajstić information content (AvgIpc) is 2.24. The van der Waals surface area contributed by atoms with Crippen molar-refractivity contribution in [2.24, 2.45) is 0 Å². The Morgan fingerprint density at radius 1 is 0.944 bits per heavy atom. The van der Waals surface area contributed by atoms with Gasteiger partial charge in [0.25, 0.3) is 0 Å². The minimum atomic E-state index is -4.28. The van der Waals surface area contributed by atoms with Crippen LogP contribution in [0.2, 0.25) is 0 Å². The van der Waals surface area contributed by atoms with Gasteiger partial charge in [-0.25, -0.2) is 4.18 Å². The summed E-state index contributed by atoms with van der Waals surface area (Å²) in [5.41, 5.74) is 0. The molecule has 0 aliphatic rings. The van der Waals surface area contributed by atoms with E-state index in [-0.39, 0.29) is 0 Å². The molecule has 0 aromatic rings. The van der Waals surface area contributed by atoms with Crippen LogP contribution < -0.4 is 0 Å². The van der Waals surface area contributed by atoms with Crippen molar-refractivity contribution in [1.29, 1.82) is 0 Å². The number of unbranched alkanes of at least 4 members (excludes halogenated alkanes) is 8. The molecular weight excluding hydrogens is 252 g/mol. The van der Waals surface area contributed by atoms with Crippen molar-refractivity contribution < 1.29 is 17.2 Å². The summed E-state index contributed by atoms with van der Waals surface area (Å²) >= 11 is 0.